The summed E-state index contributed by atoms with van der Waals surface area (Å²) in [5.74, 6) is -8.14. The van der Waals surface area contributed by atoms with Crippen LogP contribution in [0.1, 0.15) is 25.7 Å². The first-order valence-electron chi connectivity index (χ1n) is 10.7. The van der Waals surface area contributed by atoms with E-state index in [0.29, 0.717) is 0 Å². The van der Waals surface area contributed by atoms with Crippen molar-refractivity contribution >= 4 is 66.8 Å². The molecule has 0 fully saturated rings. The molecule has 0 aliphatic heterocycles. The number of hydrogen-bond donors (Lipinski definition) is 11. The molecule has 0 bridgehead atoms. The summed E-state index contributed by atoms with van der Waals surface area (Å²) in [5, 5.41) is 44.7. The number of carbonyl (C=O) groups is 7. The van der Waals surface area contributed by atoms with E-state index in [4.69, 9.17) is 21.1 Å². The van der Waals surface area contributed by atoms with Crippen molar-refractivity contribution in [2.45, 2.75) is 55.9 Å². The Labute approximate surface area is 221 Å². The minimum Gasteiger partial charge on any atom is -0.480 e. The summed E-state index contributed by atoms with van der Waals surface area (Å²) in [5.41, 5.74) is 5.31. The average molecular weight is 570 g/mol. The van der Waals surface area contributed by atoms with Crippen molar-refractivity contribution in [2.24, 2.45) is 5.73 Å². The van der Waals surface area contributed by atoms with Gasteiger partial charge in [0.2, 0.25) is 23.6 Å². The number of carbonyl (C=O) groups excluding carboxylic acids is 4. The van der Waals surface area contributed by atoms with Crippen LogP contribution in [0.25, 0.3) is 0 Å². The summed E-state index contributed by atoms with van der Waals surface area (Å²) < 4.78 is 0. The number of rotatable bonds is 18. The molecule has 0 aliphatic rings. The molecular weight excluding hydrogens is 538 g/mol. The number of aliphatic hydroxyl groups excluding tert-OH is 1. The number of carboxylic acid groups (broad SMARTS) is 3. The zero-order valence-corrected chi connectivity index (χ0v) is 21.2. The van der Waals surface area contributed by atoms with E-state index in [1.165, 1.54) is 0 Å². The van der Waals surface area contributed by atoms with Crippen LogP contribution < -0.4 is 27.0 Å². The van der Waals surface area contributed by atoms with Gasteiger partial charge in [-0.15, -0.1) is 0 Å². The molecule has 0 aromatic heterocycles. The topological polar surface area (TPSA) is 275 Å². The fourth-order valence-corrected chi connectivity index (χ4v) is 3.11. The molecule has 0 heterocycles. The van der Waals surface area contributed by atoms with Gasteiger partial charge in [-0.3, -0.25) is 24.0 Å². The molecule has 0 spiro atoms. The summed E-state index contributed by atoms with van der Waals surface area (Å²) in [6.07, 6.45) is -1.39. The lowest BCUT2D eigenvalue weighted by Gasteiger charge is -2.21. The molecule has 37 heavy (non-hydrogen) atoms. The third kappa shape index (κ3) is 13.1. The lowest BCUT2D eigenvalue weighted by molar-refractivity contribution is -0.143. The normalized spacial score (nSPS) is 14.7. The monoisotopic (exact) mass is 569 g/mol. The van der Waals surface area contributed by atoms with Crippen LogP contribution >= 0.6 is 25.3 Å². The molecule has 18 heteroatoms. The van der Waals surface area contributed by atoms with E-state index >= 15 is 0 Å². The van der Waals surface area contributed by atoms with Crippen molar-refractivity contribution in [3.05, 3.63) is 0 Å². The summed E-state index contributed by atoms with van der Waals surface area (Å²) in [6, 6.07) is -7.00. The van der Waals surface area contributed by atoms with Gasteiger partial charge in [0.15, 0.2) is 0 Å². The largest absolute Gasteiger partial charge is 0.480 e. The fourth-order valence-electron chi connectivity index (χ4n) is 2.59. The van der Waals surface area contributed by atoms with Crippen LogP contribution in [0.4, 0.5) is 0 Å². The van der Waals surface area contributed by atoms with Gasteiger partial charge in [-0.25, -0.2) is 9.59 Å². The number of carboxylic acids is 3. The molecule has 0 radical (unpaired) electrons. The van der Waals surface area contributed by atoms with Crippen molar-refractivity contribution in [3.63, 3.8) is 0 Å². The average Bonchev–Trinajstić information content (AvgIpc) is 2.84. The van der Waals surface area contributed by atoms with Gasteiger partial charge in [-0.2, -0.15) is 25.3 Å². The van der Waals surface area contributed by atoms with Crippen LogP contribution in [-0.2, 0) is 33.6 Å². The van der Waals surface area contributed by atoms with Crippen molar-refractivity contribution in [1.29, 1.82) is 0 Å². The maximum atomic E-state index is 12.4. The Bertz CT molecular complexity index is 860. The Morgan fingerprint density at radius 3 is 1.38 bits per heavy atom. The van der Waals surface area contributed by atoms with Gasteiger partial charge in [-0.05, 0) is 12.8 Å². The molecule has 0 aromatic carbocycles. The van der Waals surface area contributed by atoms with Crippen LogP contribution in [0.2, 0.25) is 0 Å². The Morgan fingerprint density at radius 1 is 0.622 bits per heavy atom. The van der Waals surface area contributed by atoms with Crippen molar-refractivity contribution in [2.75, 3.05) is 18.1 Å². The van der Waals surface area contributed by atoms with E-state index in [-0.39, 0.29) is 24.3 Å². The SMILES string of the molecule is N[C@@H](CCC(=O)N[C@@H](CS)C(=O)N[C@@H](CCC(=O)NC(CS)C(=O)NC(CO)C(=O)O)C(=O)O)C(=O)O. The highest BCUT2D eigenvalue weighted by molar-refractivity contribution is 7.80. The maximum Gasteiger partial charge on any atom is 0.328 e. The van der Waals surface area contributed by atoms with Crippen LogP contribution in [-0.4, -0.2) is 110 Å². The Balaban J connectivity index is 4.93. The highest BCUT2D eigenvalue weighted by atomic mass is 32.1. The molecule has 5 atom stereocenters. The molecule has 210 valence electrons. The second-order valence-electron chi connectivity index (χ2n) is 7.61. The zero-order valence-electron chi connectivity index (χ0n) is 19.5. The molecule has 10 N–H and O–H groups in total. The molecule has 16 nitrogen and oxygen atoms in total. The molecule has 0 rings (SSSR count). The third-order valence-corrected chi connectivity index (χ3v) is 5.47. The molecule has 0 saturated heterocycles. The number of hydrogen-bond acceptors (Lipinski definition) is 11. The number of nitrogens with two attached hydrogens (primary N) is 1. The molecule has 0 aromatic rings. The van der Waals surface area contributed by atoms with Crippen LogP contribution in [0, 0.1) is 0 Å². The number of nitrogens with one attached hydrogen (secondary N) is 4. The van der Waals surface area contributed by atoms with Gasteiger partial charge in [0.25, 0.3) is 0 Å². The minimum absolute atomic E-state index is 0.197. The van der Waals surface area contributed by atoms with E-state index in [2.05, 4.69) is 41.2 Å². The van der Waals surface area contributed by atoms with E-state index in [1.807, 2.05) is 5.32 Å². The van der Waals surface area contributed by atoms with E-state index < -0.39 is 91.2 Å². The first-order valence-corrected chi connectivity index (χ1v) is 12.0. The van der Waals surface area contributed by atoms with E-state index in [0.717, 1.165) is 0 Å². The smallest absolute Gasteiger partial charge is 0.328 e. The van der Waals surface area contributed by atoms with Gasteiger partial charge >= 0.3 is 17.9 Å². The first kappa shape index (κ1) is 33.9. The molecule has 4 amide bonds. The Hall–Kier alpha value is -3.09. The van der Waals surface area contributed by atoms with Crippen molar-refractivity contribution in [1.82, 2.24) is 21.3 Å². The fraction of sp³-hybridized carbons (Fsp3) is 0.632. The molecule has 2 unspecified atom stereocenters. The number of amides is 4. The van der Waals surface area contributed by atoms with Gasteiger partial charge in [-0.1, -0.05) is 0 Å². The van der Waals surface area contributed by atoms with Gasteiger partial charge in [0.1, 0.15) is 30.2 Å². The molecule has 0 saturated carbocycles. The molecule has 0 aliphatic carbocycles. The van der Waals surface area contributed by atoms with E-state index in [1.54, 1.807) is 0 Å². The maximum absolute atomic E-state index is 12.4. The summed E-state index contributed by atoms with van der Waals surface area (Å²) in [4.78, 5) is 81.9. The second-order valence-corrected chi connectivity index (χ2v) is 8.34. The highest BCUT2D eigenvalue weighted by Crippen LogP contribution is 2.03. The van der Waals surface area contributed by atoms with Crippen LogP contribution in [0.3, 0.4) is 0 Å². The summed E-state index contributed by atoms with van der Waals surface area (Å²) in [6.45, 7) is -0.891. The highest BCUT2D eigenvalue weighted by Gasteiger charge is 2.28. The molecular formula is C19H31N5O11S2. The first-order chi connectivity index (χ1) is 17.3. The van der Waals surface area contributed by atoms with Gasteiger partial charge < -0.3 is 47.4 Å². The summed E-state index contributed by atoms with van der Waals surface area (Å²) in [7, 11) is 0. The second kappa shape index (κ2) is 17.4. The third-order valence-electron chi connectivity index (χ3n) is 4.74. The number of thiol groups is 2. The summed E-state index contributed by atoms with van der Waals surface area (Å²) >= 11 is 7.84. The zero-order chi connectivity index (χ0) is 28.7. The van der Waals surface area contributed by atoms with Gasteiger partial charge in [0.05, 0.1) is 6.61 Å². The number of aliphatic carboxylic acids is 3. The van der Waals surface area contributed by atoms with E-state index in [9.17, 15) is 38.7 Å². The van der Waals surface area contributed by atoms with Crippen LogP contribution in [0.5, 0.6) is 0 Å². The quantitative estimate of drug-likeness (QED) is 0.0703. The standard InChI is InChI=1S/C19H31N5O11S2/c20-8(17(30)31)1-3-13(26)21-11(6-36)15(28)23-9(18(32)33)2-4-14(27)22-12(7-37)16(29)24-10(5-25)19(34)35/h8-12,25,36-37H,1-7,20H2,(H,21,26)(H,22,27)(H,23,28)(H,24,29)(H,30,31)(H,32,33)(H,34,35)/t8-,9-,10?,11-,12?/m0/s1. The Morgan fingerprint density at radius 2 is 1.03 bits per heavy atom. The lowest BCUT2D eigenvalue weighted by atomic mass is 10.1. The predicted octanol–water partition coefficient (Wildman–Crippen LogP) is -4.08. The van der Waals surface area contributed by atoms with Crippen molar-refractivity contribution in [3.8, 4) is 0 Å². The number of aliphatic hydroxyl groups is 1. The predicted molar refractivity (Wildman–Crippen MR) is 132 cm³/mol. The minimum atomic E-state index is -1.60. The van der Waals surface area contributed by atoms with Crippen molar-refractivity contribution < 1.29 is 54.0 Å². The van der Waals surface area contributed by atoms with Gasteiger partial charge in [0, 0.05) is 24.3 Å². The van der Waals surface area contributed by atoms with Crippen LogP contribution in [0.15, 0.2) is 0 Å². The Kier molecular flexibility index (Phi) is 15.9. The lowest BCUT2D eigenvalue weighted by Crippen LogP contribution is -2.54.